The van der Waals surface area contributed by atoms with E-state index in [4.69, 9.17) is 9.47 Å². The van der Waals surface area contributed by atoms with Gasteiger partial charge in [0.2, 0.25) is 0 Å². The van der Waals surface area contributed by atoms with E-state index >= 15 is 0 Å². The molecule has 0 radical (unpaired) electrons. The SMILES string of the molecule is COCCOC(=O)c1ccc2c(c1)C(=O)N(C1CCCCC1)C2=O. The maximum Gasteiger partial charge on any atom is 0.338 e. The molecule has 0 saturated heterocycles. The third-order valence-corrected chi connectivity index (χ3v) is 4.61. The lowest BCUT2D eigenvalue weighted by molar-refractivity contribution is 0.0387. The molecule has 2 aliphatic rings. The normalized spacial score (nSPS) is 18.0. The molecule has 1 aliphatic heterocycles. The average Bonchev–Trinajstić information content (AvgIpc) is 2.86. The molecular weight excluding hydrogens is 310 g/mol. The van der Waals surface area contributed by atoms with E-state index in [1.54, 1.807) is 6.07 Å². The number of hydrogen-bond acceptors (Lipinski definition) is 5. The zero-order valence-electron chi connectivity index (χ0n) is 13.7. The maximum absolute atomic E-state index is 12.7. The Morgan fingerprint density at radius 3 is 2.50 bits per heavy atom. The summed E-state index contributed by atoms with van der Waals surface area (Å²) in [6.45, 7) is 0.455. The molecule has 0 bridgehead atoms. The molecule has 6 heteroatoms. The second-order valence-corrected chi connectivity index (χ2v) is 6.16. The van der Waals surface area contributed by atoms with E-state index in [0.717, 1.165) is 32.1 Å². The first-order valence-corrected chi connectivity index (χ1v) is 8.31. The number of hydrogen-bond donors (Lipinski definition) is 0. The summed E-state index contributed by atoms with van der Waals surface area (Å²) in [6.07, 6.45) is 4.94. The van der Waals surface area contributed by atoms with Gasteiger partial charge >= 0.3 is 5.97 Å². The van der Waals surface area contributed by atoms with Gasteiger partial charge in [-0.3, -0.25) is 14.5 Å². The van der Waals surface area contributed by atoms with Gasteiger partial charge in [-0.05, 0) is 31.0 Å². The Labute approximate surface area is 140 Å². The molecule has 1 aromatic rings. The largest absolute Gasteiger partial charge is 0.460 e. The number of esters is 1. The molecule has 128 valence electrons. The predicted molar refractivity (Wildman–Crippen MR) is 86.0 cm³/mol. The number of rotatable bonds is 5. The van der Waals surface area contributed by atoms with Gasteiger partial charge in [-0.25, -0.2) is 4.79 Å². The van der Waals surface area contributed by atoms with E-state index in [0.29, 0.717) is 17.7 Å². The molecule has 1 fully saturated rings. The predicted octanol–water partition coefficient (Wildman–Crippen LogP) is 2.42. The van der Waals surface area contributed by atoms with Crippen LogP contribution < -0.4 is 0 Å². The highest BCUT2D eigenvalue weighted by Crippen LogP contribution is 2.31. The molecule has 24 heavy (non-hydrogen) atoms. The van der Waals surface area contributed by atoms with Gasteiger partial charge in [-0.2, -0.15) is 0 Å². The van der Waals surface area contributed by atoms with Crippen molar-refractivity contribution in [2.45, 2.75) is 38.1 Å². The Kier molecular flexibility index (Phi) is 4.94. The minimum Gasteiger partial charge on any atom is -0.460 e. The Morgan fingerprint density at radius 2 is 1.79 bits per heavy atom. The van der Waals surface area contributed by atoms with Gasteiger partial charge in [-0.15, -0.1) is 0 Å². The Morgan fingerprint density at radius 1 is 1.08 bits per heavy atom. The molecule has 1 aromatic carbocycles. The summed E-state index contributed by atoms with van der Waals surface area (Å²) in [5, 5.41) is 0. The van der Waals surface area contributed by atoms with Crippen LogP contribution in [-0.4, -0.2) is 49.0 Å². The highest BCUT2D eigenvalue weighted by atomic mass is 16.6. The van der Waals surface area contributed by atoms with E-state index in [-0.39, 0.29) is 30.0 Å². The standard InChI is InChI=1S/C18H21NO5/c1-23-9-10-24-18(22)12-7-8-14-15(11-12)17(21)19(16(14)20)13-5-3-2-4-6-13/h7-8,11,13H,2-6,9-10H2,1H3. The fraction of sp³-hybridized carbons (Fsp3) is 0.500. The number of benzene rings is 1. The van der Waals surface area contributed by atoms with E-state index < -0.39 is 5.97 Å². The van der Waals surface area contributed by atoms with Crippen molar-refractivity contribution in [3.05, 3.63) is 34.9 Å². The third-order valence-electron chi connectivity index (χ3n) is 4.61. The lowest BCUT2D eigenvalue weighted by Gasteiger charge is -2.29. The minimum atomic E-state index is -0.522. The van der Waals surface area contributed by atoms with Crippen molar-refractivity contribution in [3.63, 3.8) is 0 Å². The van der Waals surface area contributed by atoms with Crippen molar-refractivity contribution >= 4 is 17.8 Å². The number of ether oxygens (including phenoxy) is 2. The lowest BCUT2D eigenvalue weighted by atomic mass is 9.94. The van der Waals surface area contributed by atoms with Crippen molar-refractivity contribution in [3.8, 4) is 0 Å². The van der Waals surface area contributed by atoms with Crippen molar-refractivity contribution in [1.29, 1.82) is 0 Å². The summed E-state index contributed by atoms with van der Waals surface area (Å²) < 4.78 is 9.89. The number of fused-ring (bicyclic) bond motifs is 1. The molecule has 3 rings (SSSR count). The molecule has 6 nitrogen and oxygen atoms in total. The van der Waals surface area contributed by atoms with Gasteiger partial charge in [-0.1, -0.05) is 19.3 Å². The van der Waals surface area contributed by atoms with Crippen LogP contribution in [0.1, 0.15) is 63.2 Å². The van der Waals surface area contributed by atoms with Gasteiger partial charge in [0.05, 0.1) is 23.3 Å². The number of carbonyl (C=O) groups excluding carboxylic acids is 3. The third kappa shape index (κ3) is 3.06. The number of nitrogens with zero attached hydrogens (tertiary/aromatic N) is 1. The molecule has 1 aliphatic carbocycles. The number of carbonyl (C=O) groups is 3. The summed E-state index contributed by atoms with van der Waals surface area (Å²) >= 11 is 0. The van der Waals surface area contributed by atoms with E-state index in [2.05, 4.69) is 0 Å². The van der Waals surface area contributed by atoms with Crippen molar-refractivity contribution in [1.82, 2.24) is 4.90 Å². The van der Waals surface area contributed by atoms with Gasteiger partial charge in [0.25, 0.3) is 11.8 Å². The molecule has 1 saturated carbocycles. The number of amides is 2. The van der Waals surface area contributed by atoms with Gasteiger partial charge in [0.1, 0.15) is 6.61 Å². The average molecular weight is 331 g/mol. The van der Waals surface area contributed by atoms with Crippen LogP contribution in [-0.2, 0) is 9.47 Å². The summed E-state index contributed by atoms with van der Waals surface area (Å²) in [6, 6.07) is 4.52. The fourth-order valence-corrected chi connectivity index (χ4v) is 3.36. The summed E-state index contributed by atoms with van der Waals surface area (Å²) in [5.74, 6) is -1.07. The van der Waals surface area contributed by atoms with Crippen LogP contribution in [0.4, 0.5) is 0 Å². The van der Waals surface area contributed by atoms with Gasteiger partial charge in [0, 0.05) is 13.2 Å². The van der Waals surface area contributed by atoms with Gasteiger partial charge in [0.15, 0.2) is 0 Å². The van der Waals surface area contributed by atoms with Crippen LogP contribution in [0, 0.1) is 0 Å². The topological polar surface area (TPSA) is 72.9 Å². The highest BCUT2D eigenvalue weighted by Gasteiger charge is 2.40. The van der Waals surface area contributed by atoms with Crippen LogP contribution in [0.15, 0.2) is 18.2 Å². The molecule has 0 atom stereocenters. The molecule has 2 amide bonds. The number of imide groups is 1. The van der Waals surface area contributed by atoms with Crippen molar-refractivity contribution in [2.75, 3.05) is 20.3 Å². The smallest absolute Gasteiger partial charge is 0.338 e. The molecular formula is C18H21NO5. The first-order valence-electron chi connectivity index (χ1n) is 8.31. The first kappa shape index (κ1) is 16.6. The Balaban J connectivity index is 1.79. The molecule has 0 aromatic heterocycles. The van der Waals surface area contributed by atoms with Crippen LogP contribution in [0.2, 0.25) is 0 Å². The van der Waals surface area contributed by atoms with Gasteiger partial charge < -0.3 is 9.47 Å². The summed E-state index contributed by atoms with van der Waals surface area (Å²) in [4.78, 5) is 38.6. The van der Waals surface area contributed by atoms with Crippen molar-refractivity contribution < 1.29 is 23.9 Å². The molecule has 0 N–H and O–H groups in total. The van der Waals surface area contributed by atoms with Crippen LogP contribution >= 0.6 is 0 Å². The number of methoxy groups -OCH3 is 1. The first-order chi connectivity index (χ1) is 11.6. The molecule has 0 unspecified atom stereocenters. The zero-order chi connectivity index (χ0) is 17.1. The van der Waals surface area contributed by atoms with Crippen LogP contribution in [0.3, 0.4) is 0 Å². The second-order valence-electron chi connectivity index (χ2n) is 6.16. The quantitative estimate of drug-likeness (QED) is 0.471. The summed E-state index contributed by atoms with van der Waals surface area (Å²) in [7, 11) is 1.52. The van der Waals surface area contributed by atoms with E-state index in [1.807, 2.05) is 0 Å². The fourth-order valence-electron chi connectivity index (χ4n) is 3.36. The second kappa shape index (κ2) is 7.13. The van der Waals surface area contributed by atoms with E-state index in [1.165, 1.54) is 24.1 Å². The highest BCUT2D eigenvalue weighted by molar-refractivity contribution is 6.22. The molecule has 0 spiro atoms. The summed E-state index contributed by atoms with van der Waals surface area (Å²) in [5.41, 5.74) is 0.947. The maximum atomic E-state index is 12.7. The van der Waals surface area contributed by atoms with Crippen molar-refractivity contribution in [2.24, 2.45) is 0 Å². The van der Waals surface area contributed by atoms with E-state index in [9.17, 15) is 14.4 Å². The molecule has 1 heterocycles. The van der Waals surface area contributed by atoms with Crippen LogP contribution in [0.5, 0.6) is 0 Å². The Bertz CT molecular complexity index is 663. The minimum absolute atomic E-state index is 0.0248. The monoisotopic (exact) mass is 331 g/mol. The Hall–Kier alpha value is -2.21. The lowest BCUT2D eigenvalue weighted by Crippen LogP contribution is -2.40. The zero-order valence-corrected chi connectivity index (χ0v) is 13.7. The van der Waals surface area contributed by atoms with Crippen LogP contribution in [0.25, 0.3) is 0 Å².